The minimum absolute atomic E-state index is 0.362. The first-order valence-electron chi connectivity index (χ1n) is 7.44. The zero-order valence-corrected chi connectivity index (χ0v) is 12.7. The van der Waals surface area contributed by atoms with Crippen LogP contribution in [0.1, 0.15) is 47.6 Å². The molecule has 0 spiro atoms. The number of rotatable bonds is 1. The third kappa shape index (κ3) is 1.93. The Morgan fingerprint density at radius 2 is 1.75 bits per heavy atom. The summed E-state index contributed by atoms with van der Waals surface area (Å²) in [6.07, 6.45) is 2.19. The van der Waals surface area contributed by atoms with E-state index in [4.69, 9.17) is 0 Å². The molecule has 0 saturated heterocycles. The van der Waals surface area contributed by atoms with Gasteiger partial charge in [-0.1, -0.05) is 32.0 Å². The molecule has 104 valence electrons. The highest BCUT2D eigenvalue weighted by Gasteiger charge is 2.20. The van der Waals surface area contributed by atoms with Gasteiger partial charge in [0.15, 0.2) is 0 Å². The summed E-state index contributed by atoms with van der Waals surface area (Å²) >= 11 is 0. The van der Waals surface area contributed by atoms with E-state index < -0.39 is 0 Å². The van der Waals surface area contributed by atoms with E-state index in [0.717, 1.165) is 18.4 Å². The summed E-state index contributed by atoms with van der Waals surface area (Å²) in [5.74, 6) is 0.797. The highest BCUT2D eigenvalue weighted by molar-refractivity contribution is 5.76. The molecule has 1 heteroatoms. The van der Waals surface area contributed by atoms with Crippen LogP contribution in [-0.4, -0.2) is 5.11 Å². The molecule has 1 nitrogen and oxygen atoms in total. The standard InChI is InChI=1S/C19H22O/c1-11(2)17-9-14-6-8-15-13(4)12(3)5-7-16(15)18(14)10-19(17)20/h5,7,9-11,20H,6,8H2,1-4H3. The molecular formula is C19H22O. The fraction of sp³-hybridized carbons (Fsp3) is 0.368. The molecule has 0 radical (unpaired) electrons. The van der Waals surface area contributed by atoms with E-state index in [-0.39, 0.29) is 0 Å². The summed E-state index contributed by atoms with van der Waals surface area (Å²) in [6.45, 7) is 8.64. The third-order valence-corrected chi connectivity index (χ3v) is 4.68. The first-order chi connectivity index (χ1) is 9.49. The minimum Gasteiger partial charge on any atom is -0.508 e. The summed E-state index contributed by atoms with van der Waals surface area (Å²) in [4.78, 5) is 0. The van der Waals surface area contributed by atoms with E-state index in [2.05, 4.69) is 45.9 Å². The molecule has 0 aliphatic heterocycles. The van der Waals surface area contributed by atoms with Crippen LogP contribution in [0.2, 0.25) is 0 Å². The molecule has 0 fully saturated rings. The molecule has 0 unspecified atom stereocenters. The van der Waals surface area contributed by atoms with Gasteiger partial charge in [-0.2, -0.15) is 0 Å². The molecule has 0 aromatic heterocycles. The lowest BCUT2D eigenvalue weighted by molar-refractivity contribution is 0.464. The summed E-state index contributed by atoms with van der Waals surface area (Å²) in [5.41, 5.74) is 9.18. The van der Waals surface area contributed by atoms with E-state index in [1.54, 1.807) is 0 Å². The van der Waals surface area contributed by atoms with Crippen LogP contribution in [-0.2, 0) is 12.8 Å². The van der Waals surface area contributed by atoms with Crippen LogP contribution < -0.4 is 0 Å². The largest absolute Gasteiger partial charge is 0.508 e. The van der Waals surface area contributed by atoms with Crippen molar-refractivity contribution in [2.24, 2.45) is 0 Å². The van der Waals surface area contributed by atoms with Gasteiger partial charge < -0.3 is 5.11 Å². The summed E-state index contributed by atoms with van der Waals surface area (Å²) < 4.78 is 0. The molecule has 0 atom stereocenters. The molecular weight excluding hydrogens is 244 g/mol. The van der Waals surface area contributed by atoms with E-state index in [1.165, 1.54) is 33.4 Å². The number of phenolic OH excluding ortho intramolecular Hbond substituents is 1. The first kappa shape index (κ1) is 13.2. The molecule has 0 amide bonds. The summed E-state index contributed by atoms with van der Waals surface area (Å²) in [5, 5.41) is 10.3. The van der Waals surface area contributed by atoms with Gasteiger partial charge in [0.1, 0.15) is 5.75 Å². The quantitative estimate of drug-likeness (QED) is 0.778. The average molecular weight is 266 g/mol. The Morgan fingerprint density at radius 1 is 1.00 bits per heavy atom. The van der Waals surface area contributed by atoms with E-state index >= 15 is 0 Å². The smallest absolute Gasteiger partial charge is 0.119 e. The van der Waals surface area contributed by atoms with Crippen LogP contribution in [0.25, 0.3) is 11.1 Å². The predicted octanol–water partition coefficient (Wildman–Crippen LogP) is 4.90. The van der Waals surface area contributed by atoms with Gasteiger partial charge in [-0.3, -0.25) is 0 Å². The van der Waals surface area contributed by atoms with Crippen molar-refractivity contribution >= 4 is 0 Å². The van der Waals surface area contributed by atoms with Gasteiger partial charge in [0.2, 0.25) is 0 Å². The Kier molecular flexibility index (Phi) is 3.08. The van der Waals surface area contributed by atoms with E-state index in [9.17, 15) is 5.11 Å². The number of aryl methyl sites for hydroxylation is 2. The maximum atomic E-state index is 10.3. The minimum atomic E-state index is 0.362. The molecule has 3 rings (SSSR count). The average Bonchev–Trinajstić information content (AvgIpc) is 2.41. The Morgan fingerprint density at radius 3 is 2.45 bits per heavy atom. The fourth-order valence-electron chi connectivity index (χ4n) is 3.28. The van der Waals surface area contributed by atoms with Crippen molar-refractivity contribution in [2.45, 2.75) is 46.5 Å². The number of phenols is 1. The predicted molar refractivity (Wildman–Crippen MR) is 84.5 cm³/mol. The molecule has 0 saturated carbocycles. The van der Waals surface area contributed by atoms with Crippen LogP contribution >= 0.6 is 0 Å². The van der Waals surface area contributed by atoms with Gasteiger partial charge in [-0.15, -0.1) is 0 Å². The van der Waals surface area contributed by atoms with Gasteiger partial charge >= 0.3 is 0 Å². The molecule has 2 aromatic carbocycles. The van der Waals surface area contributed by atoms with Gasteiger partial charge in [0, 0.05) is 0 Å². The number of fused-ring (bicyclic) bond motifs is 3. The van der Waals surface area contributed by atoms with Crippen molar-refractivity contribution in [3.05, 3.63) is 52.1 Å². The van der Waals surface area contributed by atoms with Crippen molar-refractivity contribution in [2.75, 3.05) is 0 Å². The molecule has 1 aliphatic rings. The van der Waals surface area contributed by atoms with Gasteiger partial charge in [-0.05, 0) is 77.6 Å². The van der Waals surface area contributed by atoms with Crippen molar-refractivity contribution < 1.29 is 5.11 Å². The lowest BCUT2D eigenvalue weighted by Gasteiger charge is -2.24. The van der Waals surface area contributed by atoms with Gasteiger partial charge in [0.25, 0.3) is 0 Å². The number of benzene rings is 2. The van der Waals surface area contributed by atoms with Crippen molar-refractivity contribution in [3.63, 3.8) is 0 Å². The van der Waals surface area contributed by atoms with Crippen molar-refractivity contribution in [3.8, 4) is 16.9 Å². The van der Waals surface area contributed by atoms with E-state index in [1.807, 2.05) is 6.07 Å². The van der Waals surface area contributed by atoms with Gasteiger partial charge in [-0.25, -0.2) is 0 Å². The van der Waals surface area contributed by atoms with Crippen LogP contribution in [0, 0.1) is 13.8 Å². The lowest BCUT2D eigenvalue weighted by Crippen LogP contribution is -2.08. The van der Waals surface area contributed by atoms with Crippen molar-refractivity contribution in [1.82, 2.24) is 0 Å². The highest BCUT2D eigenvalue weighted by atomic mass is 16.3. The lowest BCUT2D eigenvalue weighted by atomic mass is 9.81. The Bertz CT molecular complexity index is 681. The number of hydrogen-bond donors (Lipinski definition) is 1. The number of hydrogen-bond acceptors (Lipinski definition) is 1. The second-order valence-corrected chi connectivity index (χ2v) is 6.26. The van der Waals surface area contributed by atoms with Crippen molar-refractivity contribution in [1.29, 1.82) is 0 Å². The zero-order chi connectivity index (χ0) is 14.4. The Hall–Kier alpha value is -1.76. The second kappa shape index (κ2) is 4.66. The Balaban J connectivity index is 2.23. The normalized spacial score (nSPS) is 13.2. The Labute approximate surface area is 121 Å². The van der Waals surface area contributed by atoms with Gasteiger partial charge in [0.05, 0.1) is 0 Å². The molecule has 20 heavy (non-hydrogen) atoms. The molecule has 2 aromatic rings. The SMILES string of the molecule is Cc1ccc2c(c1C)CCc1cc(C(C)C)c(O)cc1-2. The molecule has 1 aliphatic carbocycles. The second-order valence-electron chi connectivity index (χ2n) is 6.26. The van der Waals surface area contributed by atoms with Crippen LogP contribution in [0.4, 0.5) is 0 Å². The number of aromatic hydroxyl groups is 1. The molecule has 1 N–H and O–H groups in total. The van der Waals surface area contributed by atoms with Crippen LogP contribution in [0.15, 0.2) is 24.3 Å². The summed E-state index contributed by atoms with van der Waals surface area (Å²) in [7, 11) is 0. The van der Waals surface area contributed by atoms with Crippen LogP contribution in [0.5, 0.6) is 5.75 Å². The first-order valence-corrected chi connectivity index (χ1v) is 7.44. The molecule has 0 heterocycles. The monoisotopic (exact) mass is 266 g/mol. The van der Waals surface area contributed by atoms with Crippen LogP contribution in [0.3, 0.4) is 0 Å². The van der Waals surface area contributed by atoms with E-state index in [0.29, 0.717) is 11.7 Å². The maximum absolute atomic E-state index is 10.3. The fourth-order valence-corrected chi connectivity index (χ4v) is 3.28. The third-order valence-electron chi connectivity index (χ3n) is 4.68. The highest BCUT2D eigenvalue weighted by Crippen LogP contribution is 2.40. The summed E-state index contributed by atoms with van der Waals surface area (Å²) in [6, 6.07) is 8.58. The molecule has 0 bridgehead atoms. The topological polar surface area (TPSA) is 20.2 Å². The maximum Gasteiger partial charge on any atom is 0.119 e. The zero-order valence-electron chi connectivity index (χ0n) is 12.7.